The lowest BCUT2D eigenvalue weighted by molar-refractivity contribution is -0.133. The molecular formula is C11H22N2O2. The molecule has 0 bridgehead atoms. The van der Waals surface area contributed by atoms with Crippen LogP contribution in [0.15, 0.2) is 0 Å². The highest BCUT2D eigenvalue weighted by molar-refractivity contribution is 5.79. The quantitative estimate of drug-likeness (QED) is 0.717. The van der Waals surface area contributed by atoms with E-state index >= 15 is 0 Å². The smallest absolute Gasteiger partial charge is 0.226 e. The SMILES string of the molecule is CNCC(C)C(=O)N1CCC(COC)C1. The summed E-state index contributed by atoms with van der Waals surface area (Å²) in [6.45, 7) is 5.25. The average Bonchev–Trinajstić information content (AvgIpc) is 2.66. The molecule has 15 heavy (non-hydrogen) atoms. The third-order valence-electron chi connectivity index (χ3n) is 2.93. The number of nitrogens with zero attached hydrogens (tertiary/aromatic N) is 1. The number of likely N-dealkylation sites (tertiary alicyclic amines) is 1. The first-order valence-electron chi connectivity index (χ1n) is 5.61. The van der Waals surface area contributed by atoms with E-state index in [4.69, 9.17) is 4.74 Å². The van der Waals surface area contributed by atoms with Crippen molar-refractivity contribution in [1.82, 2.24) is 10.2 Å². The predicted octanol–water partition coefficient (Wildman–Crippen LogP) is 0.337. The number of carbonyl (C=O) groups is 1. The standard InChI is InChI=1S/C11H22N2O2/c1-9(6-12-2)11(14)13-5-4-10(7-13)8-15-3/h9-10,12H,4-8H2,1-3H3. The van der Waals surface area contributed by atoms with Crippen molar-refractivity contribution in [1.29, 1.82) is 0 Å². The number of hydrogen-bond donors (Lipinski definition) is 1. The number of methoxy groups -OCH3 is 1. The summed E-state index contributed by atoms with van der Waals surface area (Å²) in [6, 6.07) is 0. The van der Waals surface area contributed by atoms with Crippen LogP contribution in [0.2, 0.25) is 0 Å². The minimum atomic E-state index is 0.0799. The number of carbonyl (C=O) groups excluding carboxylic acids is 1. The van der Waals surface area contributed by atoms with Crippen molar-refractivity contribution < 1.29 is 9.53 Å². The summed E-state index contributed by atoms with van der Waals surface area (Å²) in [5.41, 5.74) is 0. The van der Waals surface area contributed by atoms with Crippen LogP contribution in [-0.2, 0) is 9.53 Å². The third kappa shape index (κ3) is 3.47. The van der Waals surface area contributed by atoms with Crippen molar-refractivity contribution in [3.05, 3.63) is 0 Å². The highest BCUT2D eigenvalue weighted by Crippen LogP contribution is 2.18. The lowest BCUT2D eigenvalue weighted by atomic mass is 10.1. The minimum absolute atomic E-state index is 0.0799. The van der Waals surface area contributed by atoms with Crippen LogP contribution in [0.3, 0.4) is 0 Å². The van der Waals surface area contributed by atoms with E-state index in [9.17, 15) is 4.79 Å². The Hall–Kier alpha value is -0.610. The van der Waals surface area contributed by atoms with E-state index in [1.165, 1.54) is 0 Å². The second-order valence-corrected chi connectivity index (χ2v) is 4.35. The first kappa shape index (κ1) is 12.5. The molecule has 1 amide bonds. The lowest BCUT2D eigenvalue weighted by Gasteiger charge is -2.20. The normalized spacial score (nSPS) is 23.1. The Kier molecular flexibility index (Phi) is 5.05. The Morgan fingerprint density at radius 1 is 1.67 bits per heavy atom. The molecule has 4 nitrogen and oxygen atoms in total. The van der Waals surface area contributed by atoms with Crippen molar-refractivity contribution in [3.63, 3.8) is 0 Å². The maximum absolute atomic E-state index is 11.9. The Labute approximate surface area is 92.0 Å². The molecule has 1 fully saturated rings. The van der Waals surface area contributed by atoms with Gasteiger partial charge in [-0.15, -0.1) is 0 Å². The van der Waals surface area contributed by atoms with E-state index in [-0.39, 0.29) is 11.8 Å². The third-order valence-corrected chi connectivity index (χ3v) is 2.93. The van der Waals surface area contributed by atoms with Crippen molar-refractivity contribution in [2.24, 2.45) is 11.8 Å². The van der Waals surface area contributed by atoms with Gasteiger partial charge in [-0.3, -0.25) is 4.79 Å². The number of hydrogen-bond acceptors (Lipinski definition) is 3. The van der Waals surface area contributed by atoms with Crippen LogP contribution in [0.5, 0.6) is 0 Å². The minimum Gasteiger partial charge on any atom is -0.384 e. The van der Waals surface area contributed by atoms with Crippen LogP contribution in [-0.4, -0.2) is 51.2 Å². The van der Waals surface area contributed by atoms with Crippen LogP contribution in [0.25, 0.3) is 0 Å². The van der Waals surface area contributed by atoms with Crippen molar-refractivity contribution >= 4 is 5.91 Å². The summed E-state index contributed by atoms with van der Waals surface area (Å²) in [7, 11) is 3.59. The van der Waals surface area contributed by atoms with Crippen molar-refractivity contribution in [2.45, 2.75) is 13.3 Å². The first-order chi connectivity index (χ1) is 7.19. The van der Waals surface area contributed by atoms with Crippen LogP contribution >= 0.6 is 0 Å². The molecule has 4 heteroatoms. The molecule has 1 N–H and O–H groups in total. The highest BCUT2D eigenvalue weighted by Gasteiger charge is 2.28. The van der Waals surface area contributed by atoms with E-state index in [0.29, 0.717) is 5.92 Å². The second kappa shape index (κ2) is 6.08. The average molecular weight is 214 g/mol. The fourth-order valence-corrected chi connectivity index (χ4v) is 2.11. The van der Waals surface area contributed by atoms with Gasteiger partial charge in [0, 0.05) is 38.6 Å². The molecule has 1 rings (SSSR count). The zero-order valence-electron chi connectivity index (χ0n) is 9.95. The number of ether oxygens (including phenoxy) is 1. The van der Waals surface area contributed by atoms with E-state index in [2.05, 4.69) is 5.32 Å². The van der Waals surface area contributed by atoms with Gasteiger partial charge in [-0.1, -0.05) is 6.92 Å². The molecule has 0 spiro atoms. The molecule has 88 valence electrons. The number of amides is 1. The predicted molar refractivity (Wildman–Crippen MR) is 59.7 cm³/mol. The summed E-state index contributed by atoms with van der Waals surface area (Å²) >= 11 is 0. The maximum atomic E-state index is 11.9. The van der Waals surface area contributed by atoms with Crippen LogP contribution < -0.4 is 5.32 Å². The molecule has 2 atom stereocenters. The largest absolute Gasteiger partial charge is 0.384 e. The van der Waals surface area contributed by atoms with Gasteiger partial charge < -0.3 is 15.0 Å². The molecule has 2 unspecified atom stereocenters. The number of nitrogens with one attached hydrogen (secondary N) is 1. The van der Waals surface area contributed by atoms with Gasteiger partial charge in [0.1, 0.15) is 0 Å². The van der Waals surface area contributed by atoms with Gasteiger partial charge >= 0.3 is 0 Å². The van der Waals surface area contributed by atoms with Gasteiger partial charge in [-0.05, 0) is 13.5 Å². The molecule has 1 heterocycles. The highest BCUT2D eigenvalue weighted by atomic mass is 16.5. The Balaban J connectivity index is 2.35. The maximum Gasteiger partial charge on any atom is 0.226 e. The Bertz CT molecular complexity index is 209. The molecule has 0 aromatic carbocycles. The fourth-order valence-electron chi connectivity index (χ4n) is 2.11. The lowest BCUT2D eigenvalue weighted by Crippen LogP contribution is -2.37. The zero-order chi connectivity index (χ0) is 11.3. The summed E-state index contributed by atoms with van der Waals surface area (Å²) in [4.78, 5) is 13.9. The second-order valence-electron chi connectivity index (χ2n) is 4.35. The van der Waals surface area contributed by atoms with E-state index in [1.54, 1.807) is 7.11 Å². The molecule has 1 aliphatic heterocycles. The number of rotatable bonds is 5. The summed E-state index contributed by atoms with van der Waals surface area (Å²) < 4.78 is 5.11. The van der Waals surface area contributed by atoms with E-state index in [0.717, 1.165) is 32.7 Å². The van der Waals surface area contributed by atoms with Crippen LogP contribution in [0.1, 0.15) is 13.3 Å². The van der Waals surface area contributed by atoms with Gasteiger partial charge in [0.05, 0.1) is 6.61 Å². The summed E-state index contributed by atoms with van der Waals surface area (Å²) in [5.74, 6) is 0.875. The van der Waals surface area contributed by atoms with Crippen molar-refractivity contribution in [3.8, 4) is 0 Å². The van der Waals surface area contributed by atoms with Gasteiger partial charge in [-0.2, -0.15) is 0 Å². The van der Waals surface area contributed by atoms with Crippen LogP contribution in [0.4, 0.5) is 0 Å². The topological polar surface area (TPSA) is 41.6 Å². The van der Waals surface area contributed by atoms with E-state index < -0.39 is 0 Å². The molecule has 1 aliphatic rings. The van der Waals surface area contributed by atoms with Crippen molar-refractivity contribution in [2.75, 3.05) is 40.4 Å². The molecule has 0 aromatic heterocycles. The van der Waals surface area contributed by atoms with Crippen LogP contribution in [0, 0.1) is 11.8 Å². The first-order valence-corrected chi connectivity index (χ1v) is 5.61. The summed E-state index contributed by atoms with van der Waals surface area (Å²) in [6.07, 6.45) is 1.08. The molecule has 0 aliphatic carbocycles. The zero-order valence-corrected chi connectivity index (χ0v) is 9.95. The molecule has 0 saturated carbocycles. The molecule has 0 radical (unpaired) electrons. The Morgan fingerprint density at radius 2 is 2.40 bits per heavy atom. The summed E-state index contributed by atoms with van der Waals surface area (Å²) in [5, 5.41) is 3.04. The molecular weight excluding hydrogens is 192 g/mol. The Morgan fingerprint density at radius 3 is 3.00 bits per heavy atom. The van der Waals surface area contributed by atoms with Gasteiger partial charge in [0.25, 0.3) is 0 Å². The monoisotopic (exact) mass is 214 g/mol. The fraction of sp³-hybridized carbons (Fsp3) is 0.909. The van der Waals surface area contributed by atoms with Gasteiger partial charge in [0.15, 0.2) is 0 Å². The molecule has 0 aromatic rings. The van der Waals surface area contributed by atoms with Gasteiger partial charge in [0.2, 0.25) is 5.91 Å². The van der Waals surface area contributed by atoms with E-state index in [1.807, 2.05) is 18.9 Å². The van der Waals surface area contributed by atoms with Gasteiger partial charge in [-0.25, -0.2) is 0 Å². The molecule has 1 saturated heterocycles.